The van der Waals surface area contributed by atoms with Gasteiger partial charge in [-0.1, -0.05) is 0 Å². The summed E-state index contributed by atoms with van der Waals surface area (Å²) in [5.74, 6) is -0.0762. The van der Waals surface area contributed by atoms with Gasteiger partial charge in [-0.3, -0.25) is 4.18 Å². The van der Waals surface area contributed by atoms with Crippen LogP contribution in [0.2, 0.25) is 0 Å². The van der Waals surface area contributed by atoms with E-state index in [1.807, 2.05) is 0 Å². The first-order valence-corrected chi connectivity index (χ1v) is 7.27. The van der Waals surface area contributed by atoms with E-state index in [1.54, 1.807) is 27.8 Å². The van der Waals surface area contributed by atoms with Crippen molar-refractivity contribution in [2.24, 2.45) is 4.40 Å². The summed E-state index contributed by atoms with van der Waals surface area (Å²) in [6.07, 6.45) is 0.868. The lowest BCUT2D eigenvalue weighted by Gasteiger charge is -2.25. The van der Waals surface area contributed by atoms with Crippen molar-refractivity contribution >= 4 is 22.1 Å². The lowest BCUT2D eigenvalue weighted by molar-refractivity contribution is -0.159. The summed E-state index contributed by atoms with van der Waals surface area (Å²) in [5, 5.41) is 0. The van der Waals surface area contributed by atoms with E-state index in [9.17, 15) is 13.2 Å². The highest BCUT2D eigenvalue weighted by atomic mass is 32.2. The number of rotatable bonds is 3. The second kappa shape index (κ2) is 5.46. The van der Waals surface area contributed by atoms with Crippen LogP contribution in [-0.4, -0.2) is 50.9 Å². The van der Waals surface area contributed by atoms with E-state index in [2.05, 4.69) is 8.58 Å². The molecule has 19 heavy (non-hydrogen) atoms. The fourth-order valence-electron chi connectivity index (χ4n) is 1.74. The molecule has 110 valence electrons. The molecule has 8 heteroatoms. The van der Waals surface area contributed by atoms with Crippen molar-refractivity contribution < 1.29 is 22.1 Å². The minimum absolute atomic E-state index is 0.303. The van der Waals surface area contributed by atoms with Crippen molar-refractivity contribution in [1.82, 2.24) is 4.90 Å². The molecule has 0 saturated carbocycles. The average molecular weight is 292 g/mol. The number of likely N-dealkylation sites (N-methyl/N-ethyl adjacent to an activating group) is 1. The molecule has 1 saturated heterocycles. The normalized spacial score (nSPS) is 22.9. The van der Waals surface area contributed by atoms with E-state index in [1.165, 1.54) is 4.90 Å². The van der Waals surface area contributed by atoms with Crippen LogP contribution in [-0.2, 0) is 24.0 Å². The highest BCUT2D eigenvalue weighted by Crippen LogP contribution is 2.22. The van der Waals surface area contributed by atoms with Gasteiger partial charge in [0, 0.05) is 13.5 Å². The van der Waals surface area contributed by atoms with Crippen molar-refractivity contribution in [3.05, 3.63) is 0 Å². The number of carbonyl (C=O) groups is 1. The van der Waals surface area contributed by atoms with Gasteiger partial charge in [0.05, 0.1) is 7.11 Å². The number of hydrogen-bond acceptors (Lipinski definition) is 5. The Morgan fingerprint density at radius 3 is 2.47 bits per heavy atom. The third-order valence-electron chi connectivity index (χ3n) is 2.62. The van der Waals surface area contributed by atoms with E-state index >= 15 is 0 Å². The Kier molecular flexibility index (Phi) is 4.57. The Labute approximate surface area is 113 Å². The second-order valence-electron chi connectivity index (χ2n) is 5.30. The molecule has 0 bridgehead atoms. The van der Waals surface area contributed by atoms with Gasteiger partial charge in [-0.25, -0.2) is 4.79 Å². The highest BCUT2D eigenvalue weighted by molar-refractivity contribution is 7.85. The molecule has 0 radical (unpaired) electrons. The van der Waals surface area contributed by atoms with Gasteiger partial charge in [-0.15, -0.1) is 4.40 Å². The molecule has 0 aromatic rings. The number of esters is 1. The summed E-state index contributed by atoms with van der Waals surface area (Å²) in [6, 6.07) is -0.509. The molecule has 1 rings (SSSR count). The zero-order chi connectivity index (χ0) is 14.8. The van der Waals surface area contributed by atoms with E-state index < -0.39 is 21.9 Å². The topological polar surface area (TPSA) is 85.3 Å². The summed E-state index contributed by atoms with van der Waals surface area (Å²) < 4.78 is 35.6. The van der Waals surface area contributed by atoms with Gasteiger partial charge < -0.3 is 9.64 Å². The Bertz CT molecular complexity index is 478. The Balaban J connectivity index is 2.82. The fraction of sp³-hybridized carbons (Fsp3) is 0.818. The number of likely N-dealkylation sites (tertiary alicyclic amines) is 1. The van der Waals surface area contributed by atoms with Crippen LogP contribution >= 0.6 is 0 Å². The lowest BCUT2D eigenvalue weighted by Crippen LogP contribution is -2.40. The summed E-state index contributed by atoms with van der Waals surface area (Å²) in [6.45, 7) is 5.35. The van der Waals surface area contributed by atoms with Crippen LogP contribution in [0.25, 0.3) is 0 Å². The molecule has 1 fully saturated rings. The van der Waals surface area contributed by atoms with Crippen LogP contribution in [0, 0.1) is 0 Å². The number of carbonyl (C=O) groups excluding carboxylic acids is 1. The minimum atomic E-state index is -3.93. The molecule has 1 heterocycles. The molecule has 1 atom stereocenters. The fourth-order valence-corrected chi connectivity index (χ4v) is 2.29. The van der Waals surface area contributed by atoms with Gasteiger partial charge in [0.2, 0.25) is 0 Å². The molecule has 0 aromatic heterocycles. The predicted octanol–water partition coefficient (Wildman–Crippen LogP) is 0.712. The first kappa shape index (κ1) is 15.9. The second-order valence-corrected chi connectivity index (χ2v) is 6.67. The van der Waals surface area contributed by atoms with Crippen molar-refractivity contribution in [2.45, 2.75) is 45.3 Å². The van der Waals surface area contributed by atoms with Crippen molar-refractivity contribution in [3.63, 3.8) is 0 Å². The zero-order valence-corrected chi connectivity index (χ0v) is 12.7. The van der Waals surface area contributed by atoms with Gasteiger partial charge in [0.15, 0.2) is 0 Å². The summed E-state index contributed by atoms with van der Waals surface area (Å²) in [5.41, 5.74) is -0.573. The molecular weight excluding hydrogens is 272 g/mol. The molecule has 1 aliphatic rings. The summed E-state index contributed by atoms with van der Waals surface area (Å²) >= 11 is 0. The third kappa shape index (κ3) is 4.46. The van der Waals surface area contributed by atoms with Gasteiger partial charge in [-0.05, 0) is 27.2 Å². The average Bonchev–Trinajstić information content (AvgIpc) is 2.57. The van der Waals surface area contributed by atoms with Gasteiger partial charge in [-0.2, -0.15) is 8.42 Å². The van der Waals surface area contributed by atoms with E-state index in [4.69, 9.17) is 4.74 Å². The standard InChI is InChI=1S/C11H20N2O5S/c1-11(2,3)18-10(14)8-6-7-9(13(8)4)12-19(15,16)17-5/h8H,6-7H2,1-5H3/b12-9+/t8-/m0/s1. The summed E-state index contributed by atoms with van der Waals surface area (Å²) in [4.78, 5) is 13.5. The van der Waals surface area contributed by atoms with Crippen molar-refractivity contribution in [3.8, 4) is 0 Å². The van der Waals surface area contributed by atoms with Gasteiger partial charge in [0.1, 0.15) is 17.5 Å². The molecule has 0 amide bonds. The van der Waals surface area contributed by atoms with Crippen molar-refractivity contribution in [1.29, 1.82) is 0 Å². The van der Waals surface area contributed by atoms with Crippen LogP contribution < -0.4 is 0 Å². The predicted molar refractivity (Wildman–Crippen MR) is 70.0 cm³/mol. The van der Waals surface area contributed by atoms with Gasteiger partial charge >= 0.3 is 16.3 Å². The molecule has 1 aliphatic heterocycles. The van der Waals surface area contributed by atoms with E-state index in [0.717, 1.165) is 7.11 Å². The van der Waals surface area contributed by atoms with E-state index in [-0.39, 0.29) is 5.97 Å². The first-order valence-electron chi connectivity index (χ1n) is 5.91. The Hall–Kier alpha value is -1.15. The SMILES string of the molecule is COS(=O)(=O)/N=C1\CC[C@@H](C(=O)OC(C)(C)C)N1C. The molecule has 7 nitrogen and oxygen atoms in total. The molecule has 0 spiro atoms. The highest BCUT2D eigenvalue weighted by Gasteiger charge is 2.36. The molecule has 0 aliphatic carbocycles. The molecular formula is C11H20N2O5S. The van der Waals surface area contributed by atoms with Crippen LogP contribution in [0.15, 0.2) is 4.40 Å². The maximum Gasteiger partial charge on any atom is 0.382 e. The largest absolute Gasteiger partial charge is 0.458 e. The van der Waals surface area contributed by atoms with Crippen LogP contribution in [0.5, 0.6) is 0 Å². The lowest BCUT2D eigenvalue weighted by atomic mass is 10.1. The zero-order valence-electron chi connectivity index (χ0n) is 11.8. The Morgan fingerprint density at radius 1 is 1.42 bits per heavy atom. The summed E-state index contributed by atoms with van der Waals surface area (Å²) in [7, 11) is -1.27. The number of nitrogens with zero attached hydrogens (tertiary/aromatic N) is 2. The molecule has 0 aromatic carbocycles. The van der Waals surface area contributed by atoms with Crippen molar-refractivity contribution in [2.75, 3.05) is 14.2 Å². The van der Waals surface area contributed by atoms with E-state index in [0.29, 0.717) is 18.7 Å². The Morgan fingerprint density at radius 2 is 2.00 bits per heavy atom. The maximum atomic E-state index is 12.0. The van der Waals surface area contributed by atoms with Crippen LogP contribution in [0.3, 0.4) is 0 Å². The maximum absolute atomic E-state index is 12.0. The number of hydrogen-bond donors (Lipinski definition) is 0. The first-order chi connectivity index (χ1) is 8.56. The quantitative estimate of drug-likeness (QED) is 0.712. The number of ether oxygens (including phenoxy) is 1. The number of amidine groups is 1. The van der Waals surface area contributed by atoms with Gasteiger partial charge in [0.25, 0.3) is 0 Å². The third-order valence-corrected chi connectivity index (χ3v) is 3.48. The monoisotopic (exact) mass is 292 g/mol. The van der Waals surface area contributed by atoms with Crippen LogP contribution in [0.4, 0.5) is 0 Å². The van der Waals surface area contributed by atoms with Crippen LogP contribution in [0.1, 0.15) is 33.6 Å². The molecule has 0 N–H and O–H groups in total. The minimum Gasteiger partial charge on any atom is -0.458 e. The molecule has 0 unspecified atom stereocenters. The smallest absolute Gasteiger partial charge is 0.382 e.